The molecule has 118 valence electrons. The molecular formula is C15H23F2N3O. The zero-order valence-corrected chi connectivity index (χ0v) is 12.5. The minimum atomic E-state index is -2.78. The Bertz CT molecular complexity index is 441. The predicted octanol–water partition coefficient (Wildman–Crippen LogP) is 1.92. The van der Waals surface area contributed by atoms with E-state index in [0.29, 0.717) is 12.6 Å². The van der Waals surface area contributed by atoms with Crippen LogP contribution in [-0.4, -0.2) is 55.7 Å². The van der Waals surface area contributed by atoms with Crippen LogP contribution in [0.1, 0.15) is 18.5 Å². The predicted molar refractivity (Wildman–Crippen MR) is 78.5 cm³/mol. The molecule has 1 saturated heterocycles. The molecule has 1 heterocycles. The maximum Gasteiger partial charge on any atom is 0.387 e. The number of likely N-dealkylation sites (N-methyl/N-ethyl adjacent to an activating group) is 1. The molecule has 0 spiro atoms. The number of hydrogen-bond donors (Lipinski definition) is 1. The molecule has 1 aliphatic heterocycles. The maximum absolute atomic E-state index is 12.2. The highest BCUT2D eigenvalue weighted by Crippen LogP contribution is 2.26. The van der Waals surface area contributed by atoms with Gasteiger partial charge in [-0.05, 0) is 31.7 Å². The lowest BCUT2D eigenvalue weighted by Crippen LogP contribution is -2.55. The van der Waals surface area contributed by atoms with Crippen LogP contribution < -0.4 is 10.5 Å². The molecule has 1 fully saturated rings. The first-order chi connectivity index (χ1) is 10.0. The van der Waals surface area contributed by atoms with Gasteiger partial charge in [0.1, 0.15) is 5.75 Å². The van der Waals surface area contributed by atoms with Crippen molar-refractivity contribution in [3.8, 4) is 5.75 Å². The second-order valence-corrected chi connectivity index (χ2v) is 5.51. The third-order valence-corrected chi connectivity index (χ3v) is 4.09. The van der Waals surface area contributed by atoms with Crippen molar-refractivity contribution in [1.29, 1.82) is 0 Å². The summed E-state index contributed by atoms with van der Waals surface area (Å²) in [6.07, 6.45) is 0. The van der Waals surface area contributed by atoms with Crippen molar-refractivity contribution < 1.29 is 13.5 Å². The molecule has 1 aliphatic rings. The zero-order valence-electron chi connectivity index (χ0n) is 12.5. The molecular weight excluding hydrogens is 276 g/mol. The van der Waals surface area contributed by atoms with Crippen molar-refractivity contribution in [2.24, 2.45) is 5.73 Å². The third-order valence-electron chi connectivity index (χ3n) is 4.09. The highest BCUT2D eigenvalue weighted by atomic mass is 19.3. The molecule has 2 unspecified atom stereocenters. The summed E-state index contributed by atoms with van der Waals surface area (Å²) in [5, 5.41) is 0. The maximum atomic E-state index is 12.2. The van der Waals surface area contributed by atoms with Crippen molar-refractivity contribution in [3.63, 3.8) is 0 Å². The van der Waals surface area contributed by atoms with Crippen LogP contribution in [0.15, 0.2) is 24.3 Å². The first-order valence-electron chi connectivity index (χ1n) is 7.20. The van der Waals surface area contributed by atoms with E-state index in [1.807, 2.05) is 12.1 Å². The van der Waals surface area contributed by atoms with Gasteiger partial charge < -0.3 is 15.4 Å². The van der Waals surface area contributed by atoms with Crippen LogP contribution in [0.3, 0.4) is 0 Å². The molecule has 0 radical (unpaired) electrons. The largest absolute Gasteiger partial charge is 0.435 e. The quantitative estimate of drug-likeness (QED) is 0.902. The van der Waals surface area contributed by atoms with Crippen LogP contribution in [0.5, 0.6) is 5.75 Å². The van der Waals surface area contributed by atoms with Crippen LogP contribution in [-0.2, 0) is 0 Å². The number of alkyl halides is 2. The summed E-state index contributed by atoms with van der Waals surface area (Å²) in [5.41, 5.74) is 6.96. The average Bonchev–Trinajstić information content (AvgIpc) is 2.46. The summed E-state index contributed by atoms with van der Waals surface area (Å²) in [4.78, 5) is 4.66. The van der Waals surface area contributed by atoms with E-state index >= 15 is 0 Å². The number of nitrogens with zero attached hydrogens (tertiary/aromatic N) is 2. The van der Waals surface area contributed by atoms with Crippen LogP contribution in [0, 0.1) is 0 Å². The van der Waals surface area contributed by atoms with Crippen molar-refractivity contribution in [2.75, 3.05) is 33.2 Å². The smallest absolute Gasteiger partial charge is 0.387 e. The molecule has 1 aromatic rings. The summed E-state index contributed by atoms with van der Waals surface area (Å²) in [7, 11) is 2.10. The van der Waals surface area contributed by atoms with Gasteiger partial charge in [-0.1, -0.05) is 12.1 Å². The van der Waals surface area contributed by atoms with E-state index in [1.54, 1.807) is 12.1 Å². The van der Waals surface area contributed by atoms with Crippen LogP contribution in [0.4, 0.5) is 8.78 Å². The fourth-order valence-electron chi connectivity index (χ4n) is 2.86. The van der Waals surface area contributed by atoms with E-state index in [0.717, 1.165) is 25.2 Å². The summed E-state index contributed by atoms with van der Waals surface area (Å²) in [6, 6.07) is 7.38. The Hall–Kier alpha value is -1.24. The van der Waals surface area contributed by atoms with Gasteiger partial charge in [0, 0.05) is 38.3 Å². The number of benzene rings is 1. The van der Waals surface area contributed by atoms with Gasteiger partial charge in [-0.15, -0.1) is 0 Å². The standard InChI is InChI=1S/C15H23F2N3O/c1-11(20-8-7-19(2)10-13(20)9-18)12-3-5-14(6-4-12)21-15(16)17/h3-6,11,13,15H,7-10,18H2,1-2H3. The van der Waals surface area contributed by atoms with Gasteiger partial charge in [0.05, 0.1) is 0 Å². The van der Waals surface area contributed by atoms with Gasteiger partial charge in [0.2, 0.25) is 0 Å². The third kappa shape index (κ3) is 4.12. The van der Waals surface area contributed by atoms with E-state index in [2.05, 4.69) is 28.5 Å². The van der Waals surface area contributed by atoms with E-state index in [-0.39, 0.29) is 11.8 Å². The molecule has 1 aromatic carbocycles. The Morgan fingerprint density at radius 1 is 1.29 bits per heavy atom. The summed E-state index contributed by atoms with van der Waals surface area (Å²) in [6.45, 7) is 2.86. The normalized spacial score (nSPS) is 22.5. The number of piperazine rings is 1. The average molecular weight is 299 g/mol. The van der Waals surface area contributed by atoms with E-state index in [1.165, 1.54) is 0 Å². The minimum Gasteiger partial charge on any atom is -0.435 e. The molecule has 0 saturated carbocycles. The molecule has 6 heteroatoms. The second kappa shape index (κ2) is 7.15. The molecule has 0 bridgehead atoms. The SMILES string of the molecule is CC(c1ccc(OC(F)F)cc1)N1CCN(C)CC1CN. The fraction of sp³-hybridized carbons (Fsp3) is 0.600. The summed E-state index contributed by atoms with van der Waals surface area (Å²) >= 11 is 0. The van der Waals surface area contributed by atoms with Crippen LogP contribution in [0.2, 0.25) is 0 Å². The first-order valence-corrected chi connectivity index (χ1v) is 7.20. The van der Waals surface area contributed by atoms with Crippen LogP contribution in [0.25, 0.3) is 0 Å². The molecule has 0 aromatic heterocycles. The zero-order chi connectivity index (χ0) is 15.4. The number of rotatable bonds is 5. The molecule has 0 aliphatic carbocycles. The molecule has 2 rings (SSSR count). The van der Waals surface area contributed by atoms with Gasteiger partial charge in [-0.25, -0.2) is 0 Å². The molecule has 2 N–H and O–H groups in total. The minimum absolute atomic E-state index is 0.190. The van der Waals surface area contributed by atoms with Crippen molar-refractivity contribution >= 4 is 0 Å². The molecule has 21 heavy (non-hydrogen) atoms. The lowest BCUT2D eigenvalue weighted by atomic mass is 10.0. The van der Waals surface area contributed by atoms with Gasteiger partial charge in [-0.3, -0.25) is 4.90 Å². The lowest BCUT2D eigenvalue weighted by Gasteiger charge is -2.43. The van der Waals surface area contributed by atoms with Gasteiger partial charge in [-0.2, -0.15) is 8.78 Å². The molecule has 4 nitrogen and oxygen atoms in total. The van der Waals surface area contributed by atoms with Gasteiger partial charge >= 0.3 is 6.61 Å². The van der Waals surface area contributed by atoms with Crippen LogP contribution >= 0.6 is 0 Å². The monoisotopic (exact) mass is 299 g/mol. The lowest BCUT2D eigenvalue weighted by molar-refractivity contribution is -0.0498. The van der Waals surface area contributed by atoms with E-state index < -0.39 is 6.61 Å². The number of halogens is 2. The van der Waals surface area contributed by atoms with Crippen molar-refractivity contribution in [3.05, 3.63) is 29.8 Å². The Labute approximate surface area is 124 Å². The number of nitrogens with two attached hydrogens (primary N) is 1. The summed E-state index contributed by atoms with van der Waals surface area (Å²) in [5.74, 6) is 0.190. The highest BCUT2D eigenvalue weighted by Gasteiger charge is 2.28. The van der Waals surface area contributed by atoms with E-state index in [9.17, 15) is 8.78 Å². The van der Waals surface area contributed by atoms with Crippen molar-refractivity contribution in [1.82, 2.24) is 9.80 Å². The fourth-order valence-corrected chi connectivity index (χ4v) is 2.86. The molecule has 2 atom stereocenters. The highest BCUT2D eigenvalue weighted by molar-refractivity contribution is 5.29. The first kappa shape index (κ1) is 16.1. The Morgan fingerprint density at radius 3 is 2.52 bits per heavy atom. The van der Waals surface area contributed by atoms with Crippen molar-refractivity contribution in [2.45, 2.75) is 25.6 Å². The topological polar surface area (TPSA) is 41.7 Å². The van der Waals surface area contributed by atoms with Gasteiger partial charge in [0.25, 0.3) is 0 Å². The Morgan fingerprint density at radius 2 is 1.95 bits per heavy atom. The second-order valence-electron chi connectivity index (χ2n) is 5.51. The summed E-state index contributed by atoms with van der Waals surface area (Å²) < 4.78 is 28.7. The Balaban J connectivity index is 2.06. The van der Waals surface area contributed by atoms with Gasteiger partial charge in [0.15, 0.2) is 0 Å². The van der Waals surface area contributed by atoms with E-state index in [4.69, 9.17) is 5.73 Å². The molecule has 0 amide bonds. The number of ether oxygens (including phenoxy) is 1. The Kier molecular flexibility index (Phi) is 5.50. The number of hydrogen-bond acceptors (Lipinski definition) is 4.